The van der Waals surface area contributed by atoms with E-state index in [0.717, 1.165) is 5.56 Å². The van der Waals surface area contributed by atoms with E-state index >= 15 is 0 Å². The molecule has 5 nitrogen and oxygen atoms in total. The van der Waals surface area contributed by atoms with Crippen molar-refractivity contribution in [3.63, 3.8) is 0 Å². The zero-order valence-corrected chi connectivity index (χ0v) is 12.3. The number of aromatic nitrogens is 2. The van der Waals surface area contributed by atoms with Gasteiger partial charge in [-0.2, -0.15) is 0 Å². The molecule has 0 saturated heterocycles. The molecule has 0 saturated carbocycles. The summed E-state index contributed by atoms with van der Waals surface area (Å²) in [6.07, 6.45) is 2.34. The summed E-state index contributed by atoms with van der Waals surface area (Å²) in [5.41, 5.74) is 6.55. The van der Waals surface area contributed by atoms with Crippen molar-refractivity contribution < 1.29 is 4.79 Å². The van der Waals surface area contributed by atoms with Gasteiger partial charge in [-0.1, -0.05) is 44.2 Å². The van der Waals surface area contributed by atoms with Gasteiger partial charge in [0.05, 0.1) is 0 Å². The van der Waals surface area contributed by atoms with Crippen LogP contribution in [0.15, 0.2) is 42.6 Å². The van der Waals surface area contributed by atoms with Crippen LogP contribution in [0.1, 0.15) is 25.2 Å². The molecule has 0 aliphatic rings. The molecule has 1 aromatic carbocycles. The number of benzene rings is 1. The van der Waals surface area contributed by atoms with Crippen LogP contribution < -0.4 is 11.1 Å². The molecular weight excluding hydrogens is 264 g/mol. The van der Waals surface area contributed by atoms with Crippen LogP contribution >= 0.6 is 0 Å². The van der Waals surface area contributed by atoms with Crippen LogP contribution in [0.2, 0.25) is 0 Å². The van der Waals surface area contributed by atoms with Crippen molar-refractivity contribution in [3.05, 3.63) is 54.0 Å². The summed E-state index contributed by atoms with van der Waals surface area (Å²) in [7, 11) is 0. The molecule has 0 bridgehead atoms. The second-order valence-corrected chi connectivity index (χ2v) is 5.29. The van der Waals surface area contributed by atoms with Crippen LogP contribution in [0.3, 0.4) is 0 Å². The number of hydrogen-bond donors (Lipinski definition) is 2. The zero-order valence-electron chi connectivity index (χ0n) is 12.3. The Labute approximate surface area is 124 Å². The maximum absolute atomic E-state index is 11.4. The third-order valence-corrected chi connectivity index (χ3v) is 3.19. The molecule has 1 heterocycles. The summed E-state index contributed by atoms with van der Waals surface area (Å²) in [6, 6.07) is 11.3. The normalized spacial score (nSPS) is 12.1. The SMILES string of the molecule is CC(C)[C@@H](Nc1ccnc(Cc2ccccc2)n1)C(N)=O. The summed E-state index contributed by atoms with van der Waals surface area (Å²) in [5, 5.41) is 3.08. The minimum absolute atomic E-state index is 0.0926. The molecule has 1 aromatic heterocycles. The van der Waals surface area contributed by atoms with Crippen molar-refractivity contribution in [2.45, 2.75) is 26.3 Å². The number of carbonyl (C=O) groups excluding carboxylic acids is 1. The number of carbonyl (C=O) groups is 1. The van der Waals surface area contributed by atoms with E-state index < -0.39 is 6.04 Å². The van der Waals surface area contributed by atoms with Gasteiger partial charge in [0.1, 0.15) is 17.7 Å². The molecule has 110 valence electrons. The average molecular weight is 284 g/mol. The Morgan fingerprint density at radius 3 is 2.57 bits per heavy atom. The fraction of sp³-hybridized carbons (Fsp3) is 0.312. The van der Waals surface area contributed by atoms with E-state index in [4.69, 9.17) is 5.73 Å². The van der Waals surface area contributed by atoms with E-state index in [0.29, 0.717) is 18.1 Å². The van der Waals surface area contributed by atoms with Crippen molar-refractivity contribution in [1.29, 1.82) is 0 Å². The Balaban J connectivity index is 2.12. The van der Waals surface area contributed by atoms with Gasteiger partial charge in [0, 0.05) is 12.6 Å². The van der Waals surface area contributed by atoms with E-state index in [2.05, 4.69) is 15.3 Å². The Kier molecular flexibility index (Phi) is 4.87. The van der Waals surface area contributed by atoms with Crippen LogP contribution in [-0.2, 0) is 11.2 Å². The van der Waals surface area contributed by atoms with Crippen molar-refractivity contribution in [1.82, 2.24) is 9.97 Å². The first kappa shape index (κ1) is 15.0. The second-order valence-electron chi connectivity index (χ2n) is 5.29. The highest BCUT2D eigenvalue weighted by Crippen LogP contribution is 2.12. The monoisotopic (exact) mass is 284 g/mol. The fourth-order valence-electron chi connectivity index (χ4n) is 2.07. The highest BCUT2D eigenvalue weighted by Gasteiger charge is 2.19. The van der Waals surface area contributed by atoms with Gasteiger partial charge in [-0.3, -0.25) is 4.79 Å². The number of nitrogens with zero attached hydrogens (tertiary/aromatic N) is 2. The zero-order chi connectivity index (χ0) is 15.2. The van der Waals surface area contributed by atoms with Gasteiger partial charge in [0.15, 0.2) is 0 Å². The number of anilines is 1. The quantitative estimate of drug-likeness (QED) is 0.850. The molecule has 1 amide bonds. The molecule has 21 heavy (non-hydrogen) atoms. The molecule has 0 radical (unpaired) electrons. The van der Waals surface area contributed by atoms with Gasteiger partial charge in [-0.25, -0.2) is 9.97 Å². The third kappa shape index (κ3) is 4.27. The molecule has 0 unspecified atom stereocenters. The van der Waals surface area contributed by atoms with Crippen molar-refractivity contribution >= 4 is 11.7 Å². The van der Waals surface area contributed by atoms with E-state index in [1.54, 1.807) is 12.3 Å². The number of primary amides is 1. The first-order valence-electron chi connectivity index (χ1n) is 6.98. The minimum Gasteiger partial charge on any atom is -0.368 e. The Hall–Kier alpha value is -2.43. The van der Waals surface area contributed by atoms with E-state index in [-0.39, 0.29) is 11.8 Å². The van der Waals surface area contributed by atoms with Gasteiger partial charge in [-0.15, -0.1) is 0 Å². The number of amides is 1. The molecule has 0 fully saturated rings. The van der Waals surface area contributed by atoms with Crippen molar-refractivity contribution in [2.24, 2.45) is 11.7 Å². The molecular formula is C16H20N4O. The molecule has 1 atom stereocenters. The van der Waals surface area contributed by atoms with E-state index in [1.165, 1.54) is 0 Å². The first-order chi connectivity index (χ1) is 10.1. The van der Waals surface area contributed by atoms with Gasteiger partial charge in [0.25, 0.3) is 0 Å². The summed E-state index contributed by atoms with van der Waals surface area (Å²) in [4.78, 5) is 20.1. The summed E-state index contributed by atoms with van der Waals surface area (Å²) in [5.74, 6) is 1.04. The molecule has 2 rings (SSSR count). The first-order valence-corrected chi connectivity index (χ1v) is 6.98. The Morgan fingerprint density at radius 2 is 1.95 bits per heavy atom. The lowest BCUT2D eigenvalue weighted by Crippen LogP contribution is -2.39. The van der Waals surface area contributed by atoms with E-state index in [9.17, 15) is 4.79 Å². The summed E-state index contributed by atoms with van der Waals surface area (Å²) < 4.78 is 0. The summed E-state index contributed by atoms with van der Waals surface area (Å²) >= 11 is 0. The number of nitrogens with two attached hydrogens (primary N) is 1. The van der Waals surface area contributed by atoms with Gasteiger partial charge in [-0.05, 0) is 17.5 Å². The maximum atomic E-state index is 11.4. The largest absolute Gasteiger partial charge is 0.368 e. The molecule has 2 aromatic rings. The lowest BCUT2D eigenvalue weighted by Gasteiger charge is -2.19. The molecule has 0 aliphatic carbocycles. The maximum Gasteiger partial charge on any atom is 0.240 e. The Bertz CT molecular complexity index is 598. The molecule has 3 N–H and O–H groups in total. The highest BCUT2D eigenvalue weighted by molar-refractivity contribution is 5.82. The lowest BCUT2D eigenvalue weighted by molar-refractivity contribution is -0.119. The van der Waals surface area contributed by atoms with Crippen LogP contribution in [0.5, 0.6) is 0 Å². The van der Waals surface area contributed by atoms with Crippen LogP contribution in [-0.4, -0.2) is 21.9 Å². The second kappa shape index (κ2) is 6.83. The standard InChI is InChI=1S/C16H20N4O/c1-11(2)15(16(17)21)20-13-8-9-18-14(19-13)10-12-6-4-3-5-7-12/h3-9,11,15H,10H2,1-2H3,(H2,17,21)(H,18,19,20)/t15-/m1/s1. The summed E-state index contributed by atoms with van der Waals surface area (Å²) in [6.45, 7) is 3.88. The van der Waals surface area contributed by atoms with E-state index in [1.807, 2.05) is 44.2 Å². The van der Waals surface area contributed by atoms with Crippen LogP contribution in [0, 0.1) is 5.92 Å². The topological polar surface area (TPSA) is 80.9 Å². The average Bonchev–Trinajstić information content (AvgIpc) is 2.45. The molecule has 0 aliphatic heterocycles. The number of hydrogen-bond acceptors (Lipinski definition) is 4. The fourth-order valence-corrected chi connectivity index (χ4v) is 2.07. The van der Waals surface area contributed by atoms with Crippen molar-refractivity contribution in [2.75, 3.05) is 5.32 Å². The van der Waals surface area contributed by atoms with Crippen LogP contribution in [0.4, 0.5) is 5.82 Å². The lowest BCUT2D eigenvalue weighted by atomic mass is 10.0. The van der Waals surface area contributed by atoms with Crippen LogP contribution in [0.25, 0.3) is 0 Å². The smallest absolute Gasteiger partial charge is 0.240 e. The van der Waals surface area contributed by atoms with Gasteiger partial charge in [0.2, 0.25) is 5.91 Å². The number of nitrogens with one attached hydrogen (secondary N) is 1. The highest BCUT2D eigenvalue weighted by atomic mass is 16.1. The predicted molar refractivity (Wildman–Crippen MR) is 82.7 cm³/mol. The minimum atomic E-state index is -0.440. The predicted octanol–water partition coefficient (Wildman–Crippen LogP) is 1.99. The number of rotatable bonds is 6. The third-order valence-electron chi connectivity index (χ3n) is 3.19. The molecule has 0 spiro atoms. The van der Waals surface area contributed by atoms with Crippen molar-refractivity contribution in [3.8, 4) is 0 Å². The van der Waals surface area contributed by atoms with Gasteiger partial charge < -0.3 is 11.1 Å². The Morgan fingerprint density at radius 1 is 1.24 bits per heavy atom. The molecule has 5 heteroatoms. The van der Waals surface area contributed by atoms with Gasteiger partial charge >= 0.3 is 0 Å².